The molecule has 106 valence electrons. The van der Waals surface area contributed by atoms with E-state index in [1.165, 1.54) is 24.0 Å². The molecule has 2 atom stereocenters. The Morgan fingerprint density at radius 2 is 2.21 bits per heavy atom. The van der Waals surface area contributed by atoms with Crippen molar-refractivity contribution < 1.29 is 4.74 Å². The molecule has 0 spiro atoms. The van der Waals surface area contributed by atoms with E-state index >= 15 is 0 Å². The van der Waals surface area contributed by atoms with Crippen molar-refractivity contribution in [1.29, 1.82) is 0 Å². The Morgan fingerprint density at radius 3 is 2.89 bits per heavy atom. The van der Waals surface area contributed by atoms with Gasteiger partial charge in [-0.2, -0.15) is 0 Å². The number of nitrogens with zero attached hydrogens (tertiary/aromatic N) is 1. The number of hydrogen-bond acceptors (Lipinski definition) is 3. The summed E-state index contributed by atoms with van der Waals surface area (Å²) in [6.45, 7) is 7.84. The highest BCUT2D eigenvalue weighted by Crippen LogP contribution is 2.26. The summed E-state index contributed by atoms with van der Waals surface area (Å²) in [7, 11) is 0. The SMILES string of the molecule is CCOC1CCCN(C(CN)c2ccccc2C)C1. The molecular weight excluding hydrogens is 236 g/mol. The largest absolute Gasteiger partial charge is 0.377 e. The lowest BCUT2D eigenvalue weighted by molar-refractivity contribution is -0.00667. The summed E-state index contributed by atoms with van der Waals surface area (Å²) in [6.07, 6.45) is 2.75. The van der Waals surface area contributed by atoms with E-state index in [1.54, 1.807) is 0 Å². The van der Waals surface area contributed by atoms with Crippen LogP contribution in [0.4, 0.5) is 0 Å². The highest BCUT2D eigenvalue weighted by molar-refractivity contribution is 5.29. The molecule has 0 aliphatic carbocycles. The van der Waals surface area contributed by atoms with Gasteiger partial charge in [0.15, 0.2) is 0 Å². The van der Waals surface area contributed by atoms with Crippen LogP contribution < -0.4 is 5.73 Å². The third-order valence-electron chi connectivity index (χ3n) is 4.02. The Hall–Kier alpha value is -0.900. The standard InChI is InChI=1S/C16H26N2O/c1-3-19-14-8-6-10-18(12-14)16(11-17)15-9-5-4-7-13(15)2/h4-5,7,9,14,16H,3,6,8,10-12,17H2,1-2H3. The highest BCUT2D eigenvalue weighted by atomic mass is 16.5. The molecule has 1 aromatic rings. The number of aryl methyl sites for hydroxylation is 1. The van der Waals surface area contributed by atoms with Crippen molar-refractivity contribution in [2.45, 2.75) is 38.8 Å². The average molecular weight is 262 g/mol. The van der Waals surface area contributed by atoms with E-state index in [9.17, 15) is 0 Å². The summed E-state index contributed by atoms with van der Waals surface area (Å²) in [6, 6.07) is 8.89. The zero-order valence-corrected chi connectivity index (χ0v) is 12.1. The van der Waals surface area contributed by atoms with Crippen molar-refractivity contribution in [3.05, 3.63) is 35.4 Å². The van der Waals surface area contributed by atoms with Gasteiger partial charge in [0.1, 0.15) is 0 Å². The molecule has 2 rings (SSSR count). The minimum atomic E-state index is 0.324. The number of ether oxygens (including phenoxy) is 1. The number of nitrogens with two attached hydrogens (primary N) is 1. The normalized spacial score (nSPS) is 22.4. The number of hydrogen-bond donors (Lipinski definition) is 1. The van der Waals surface area contributed by atoms with Crippen LogP contribution in [0, 0.1) is 6.92 Å². The molecule has 1 heterocycles. The van der Waals surface area contributed by atoms with Gasteiger partial charge in [-0.3, -0.25) is 4.90 Å². The zero-order valence-electron chi connectivity index (χ0n) is 12.1. The van der Waals surface area contributed by atoms with E-state index in [4.69, 9.17) is 10.5 Å². The molecule has 0 amide bonds. The van der Waals surface area contributed by atoms with Crippen molar-refractivity contribution in [2.24, 2.45) is 5.73 Å². The lowest BCUT2D eigenvalue weighted by Gasteiger charge is -2.38. The summed E-state index contributed by atoms with van der Waals surface area (Å²) in [4.78, 5) is 2.49. The van der Waals surface area contributed by atoms with Gasteiger partial charge in [0, 0.05) is 25.7 Å². The molecule has 2 N–H and O–H groups in total. The Kier molecular flexibility index (Phi) is 5.37. The first-order chi connectivity index (χ1) is 9.26. The van der Waals surface area contributed by atoms with Crippen LogP contribution in [0.25, 0.3) is 0 Å². The molecule has 3 heteroatoms. The first-order valence-electron chi connectivity index (χ1n) is 7.37. The average Bonchev–Trinajstić information content (AvgIpc) is 2.43. The monoisotopic (exact) mass is 262 g/mol. The molecule has 1 aliphatic rings. The van der Waals surface area contributed by atoms with Gasteiger partial charge in [0.25, 0.3) is 0 Å². The maximum atomic E-state index is 6.04. The molecular formula is C16H26N2O. The van der Waals surface area contributed by atoms with Gasteiger partial charge in [-0.1, -0.05) is 24.3 Å². The second-order valence-electron chi connectivity index (χ2n) is 5.32. The molecule has 0 radical (unpaired) electrons. The van der Waals surface area contributed by atoms with Gasteiger partial charge < -0.3 is 10.5 Å². The molecule has 0 aromatic heterocycles. The minimum Gasteiger partial charge on any atom is -0.377 e. The molecule has 1 aliphatic heterocycles. The molecule has 2 unspecified atom stereocenters. The predicted molar refractivity (Wildman–Crippen MR) is 79.2 cm³/mol. The first-order valence-corrected chi connectivity index (χ1v) is 7.37. The second kappa shape index (κ2) is 7.04. The highest BCUT2D eigenvalue weighted by Gasteiger charge is 2.26. The molecule has 3 nitrogen and oxygen atoms in total. The van der Waals surface area contributed by atoms with Gasteiger partial charge in [0.05, 0.1) is 6.10 Å². The van der Waals surface area contributed by atoms with Crippen LogP contribution in [0.15, 0.2) is 24.3 Å². The molecule has 0 bridgehead atoms. The molecule has 0 saturated carbocycles. The quantitative estimate of drug-likeness (QED) is 0.886. The Morgan fingerprint density at radius 1 is 1.42 bits per heavy atom. The summed E-state index contributed by atoms with van der Waals surface area (Å²) >= 11 is 0. The van der Waals surface area contributed by atoms with Crippen LogP contribution >= 0.6 is 0 Å². The first kappa shape index (κ1) is 14.5. The van der Waals surface area contributed by atoms with Crippen molar-refractivity contribution in [1.82, 2.24) is 4.90 Å². The van der Waals surface area contributed by atoms with Crippen molar-refractivity contribution >= 4 is 0 Å². The number of rotatable bonds is 5. The third-order valence-corrected chi connectivity index (χ3v) is 4.02. The second-order valence-corrected chi connectivity index (χ2v) is 5.32. The van der Waals surface area contributed by atoms with Gasteiger partial charge in [-0.15, -0.1) is 0 Å². The molecule has 1 saturated heterocycles. The van der Waals surface area contributed by atoms with E-state index in [2.05, 4.69) is 43.0 Å². The molecule has 1 aromatic carbocycles. The van der Waals surface area contributed by atoms with Crippen molar-refractivity contribution in [2.75, 3.05) is 26.2 Å². The summed E-state index contributed by atoms with van der Waals surface area (Å²) in [5.41, 5.74) is 8.73. The topological polar surface area (TPSA) is 38.5 Å². The van der Waals surface area contributed by atoms with Crippen LogP contribution in [0.1, 0.15) is 36.9 Å². The van der Waals surface area contributed by atoms with Crippen molar-refractivity contribution in [3.8, 4) is 0 Å². The van der Waals surface area contributed by atoms with Crippen LogP contribution in [-0.2, 0) is 4.74 Å². The van der Waals surface area contributed by atoms with Crippen LogP contribution in [0.5, 0.6) is 0 Å². The zero-order chi connectivity index (χ0) is 13.7. The number of piperidine rings is 1. The van der Waals surface area contributed by atoms with Gasteiger partial charge in [0.2, 0.25) is 0 Å². The summed E-state index contributed by atoms with van der Waals surface area (Å²) in [5.74, 6) is 0. The predicted octanol–water partition coefficient (Wildman–Crippen LogP) is 2.50. The Labute approximate surface area is 116 Å². The van der Waals surface area contributed by atoms with Gasteiger partial charge >= 0.3 is 0 Å². The maximum Gasteiger partial charge on any atom is 0.0702 e. The van der Waals surface area contributed by atoms with Crippen LogP contribution in [0.3, 0.4) is 0 Å². The van der Waals surface area contributed by atoms with Crippen molar-refractivity contribution in [3.63, 3.8) is 0 Å². The van der Waals surface area contributed by atoms with E-state index in [1.807, 2.05) is 0 Å². The van der Waals surface area contributed by atoms with E-state index in [0.29, 0.717) is 18.7 Å². The third kappa shape index (κ3) is 3.56. The Bertz CT molecular complexity index is 392. The minimum absolute atomic E-state index is 0.324. The fourth-order valence-electron chi connectivity index (χ4n) is 3.05. The van der Waals surface area contributed by atoms with E-state index in [0.717, 1.165) is 19.7 Å². The lowest BCUT2D eigenvalue weighted by Crippen LogP contribution is -2.44. The van der Waals surface area contributed by atoms with Crippen LogP contribution in [-0.4, -0.2) is 37.2 Å². The van der Waals surface area contributed by atoms with Crippen LogP contribution in [0.2, 0.25) is 0 Å². The lowest BCUT2D eigenvalue weighted by atomic mass is 9.97. The molecule has 1 fully saturated rings. The fourth-order valence-corrected chi connectivity index (χ4v) is 3.05. The maximum absolute atomic E-state index is 6.04. The summed E-state index contributed by atoms with van der Waals surface area (Å²) in [5, 5.41) is 0. The van der Waals surface area contributed by atoms with Gasteiger partial charge in [-0.05, 0) is 44.4 Å². The Balaban J connectivity index is 2.11. The fraction of sp³-hybridized carbons (Fsp3) is 0.625. The van der Waals surface area contributed by atoms with E-state index in [-0.39, 0.29) is 0 Å². The van der Waals surface area contributed by atoms with Gasteiger partial charge in [-0.25, -0.2) is 0 Å². The number of likely N-dealkylation sites (tertiary alicyclic amines) is 1. The molecule has 19 heavy (non-hydrogen) atoms. The smallest absolute Gasteiger partial charge is 0.0702 e. The van der Waals surface area contributed by atoms with E-state index < -0.39 is 0 Å². The number of benzene rings is 1. The summed E-state index contributed by atoms with van der Waals surface area (Å²) < 4.78 is 5.79.